The first-order chi connectivity index (χ1) is 11.7. The number of carbonyl (C=O) groups excluding carboxylic acids is 2. The maximum atomic E-state index is 12.5. The zero-order valence-corrected chi connectivity index (χ0v) is 14.5. The SMILES string of the molecule is Cn1cccc1C1CCCN1C(=O)NCCC(=O)N1CCCCC1. The molecule has 6 nitrogen and oxygen atoms in total. The second-order valence-corrected chi connectivity index (χ2v) is 6.82. The van der Waals surface area contributed by atoms with Crippen molar-refractivity contribution in [1.82, 2.24) is 19.7 Å². The minimum Gasteiger partial charge on any atom is -0.353 e. The molecule has 0 radical (unpaired) electrons. The molecular weight excluding hydrogens is 304 g/mol. The summed E-state index contributed by atoms with van der Waals surface area (Å²) in [7, 11) is 2.01. The lowest BCUT2D eigenvalue weighted by molar-refractivity contribution is -0.131. The van der Waals surface area contributed by atoms with E-state index in [1.54, 1.807) is 0 Å². The molecule has 3 rings (SSSR count). The van der Waals surface area contributed by atoms with Crippen molar-refractivity contribution in [3.8, 4) is 0 Å². The molecule has 2 fully saturated rings. The van der Waals surface area contributed by atoms with Crippen LogP contribution >= 0.6 is 0 Å². The van der Waals surface area contributed by atoms with E-state index < -0.39 is 0 Å². The zero-order chi connectivity index (χ0) is 16.9. The summed E-state index contributed by atoms with van der Waals surface area (Å²) in [6.07, 6.45) is 7.86. The van der Waals surface area contributed by atoms with Gasteiger partial charge in [-0.2, -0.15) is 0 Å². The summed E-state index contributed by atoms with van der Waals surface area (Å²) < 4.78 is 2.08. The number of likely N-dealkylation sites (tertiary alicyclic amines) is 2. The average molecular weight is 332 g/mol. The maximum Gasteiger partial charge on any atom is 0.317 e. The number of hydrogen-bond donors (Lipinski definition) is 1. The van der Waals surface area contributed by atoms with E-state index in [1.807, 2.05) is 29.1 Å². The molecule has 2 saturated heterocycles. The van der Waals surface area contributed by atoms with E-state index in [4.69, 9.17) is 0 Å². The Morgan fingerprint density at radius 2 is 1.96 bits per heavy atom. The van der Waals surface area contributed by atoms with E-state index >= 15 is 0 Å². The number of urea groups is 1. The fourth-order valence-corrected chi connectivity index (χ4v) is 3.82. The Bertz CT molecular complexity index is 577. The Kier molecular flexibility index (Phi) is 5.43. The maximum absolute atomic E-state index is 12.5. The molecule has 0 spiro atoms. The predicted molar refractivity (Wildman–Crippen MR) is 92.5 cm³/mol. The van der Waals surface area contributed by atoms with Crippen LogP contribution in [0.5, 0.6) is 0 Å². The van der Waals surface area contributed by atoms with Crippen molar-refractivity contribution in [3.05, 3.63) is 24.0 Å². The summed E-state index contributed by atoms with van der Waals surface area (Å²) in [5, 5.41) is 2.94. The van der Waals surface area contributed by atoms with E-state index in [9.17, 15) is 9.59 Å². The van der Waals surface area contributed by atoms with Gasteiger partial charge in [0.05, 0.1) is 6.04 Å². The third kappa shape index (κ3) is 3.74. The van der Waals surface area contributed by atoms with Gasteiger partial charge in [0.2, 0.25) is 5.91 Å². The van der Waals surface area contributed by atoms with Crippen molar-refractivity contribution in [2.24, 2.45) is 7.05 Å². The Balaban J connectivity index is 1.47. The van der Waals surface area contributed by atoms with Crippen molar-refractivity contribution in [2.45, 2.75) is 44.6 Å². The Morgan fingerprint density at radius 3 is 2.67 bits per heavy atom. The molecule has 0 aliphatic carbocycles. The topological polar surface area (TPSA) is 57.6 Å². The first-order valence-corrected chi connectivity index (χ1v) is 9.10. The molecule has 3 amide bonds. The molecular formula is C18H28N4O2. The Hall–Kier alpha value is -1.98. The van der Waals surface area contributed by atoms with Crippen LogP contribution in [0.2, 0.25) is 0 Å². The molecule has 1 unspecified atom stereocenters. The fourth-order valence-electron chi connectivity index (χ4n) is 3.82. The largest absolute Gasteiger partial charge is 0.353 e. The molecule has 0 bridgehead atoms. The second-order valence-electron chi connectivity index (χ2n) is 6.82. The molecule has 1 aromatic rings. The van der Waals surface area contributed by atoms with Crippen LogP contribution in [0.1, 0.15) is 50.3 Å². The number of aromatic nitrogens is 1. The van der Waals surface area contributed by atoms with Gasteiger partial charge in [0.1, 0.15) is 0 Å². The summed E-state index contributed by atoms with van der Waals surface area (Å²) in [6.45, 7) is 2.94. The first kappa shape index (κ1) is 16.9. The van der Waals surface area contributed by atoms with Crippen LogP contribution in [-0.4, -0.2) is 52.5 Å². The van der Waals surface area contributed by atoms with Crippen molar-refractivity contribution >= 4 is 11.9 Å². The molecule has 1 N–H and O–H groups in total. The number of rotatable bonds is 4. The van der Waals surface area contributed by atoms with Gasteiger partial charge in [-0.05, 0) is 44.2 Å². The van der Waals surface area contributed by atoms with E-state index in [0.29, 0.717) is 13.0 Å². The smallest absolute Gasteiger partial charge is 0.317 e. The van der Waals surface area contributed by atoms with E-state index in [-0.39, 0.29) is 18.0 Å². The Labute approximate surface area is 143 Å². The minimum atomic E-state index is -0.0508. The molecule has 0 aromatic carbocycles. The zero-order valence-electron chi connectivity index (χ0n) is 14.5. The lowest BCUT2D eigenvalue weighted by atomic mass is 10.1. The van der Waals surface area contributed by atoms with Crippen molar-refractivity contribution < 1.29 is 9.59 Å². The summed E-state index contributed by atoms with van der Waals surface area (Å²) >= 11 is 0. The summed E-state index contributed by atoms with van der Waals surface area (Å²) in [6, 6.07) is 4.19. The summed E-state index contributed by atoms with van der Waals surface area (Å²) in [5.74, 6) is 0.162. The monoisotopic (exact) mass is 332 g/mol. The van der Waals surface area contributed by atoms with Gasteiger partial charge >= 0.3 is 6.03 Å². The fraction of sp³-hybridized carbons (Fsp3) is 0.667. The van der Waals surface area contributed by atoms with Gasteiger partial charge in [-0.3, -0.25) is 4.79 Å². The third-order valence-electron chi connectivity index (χ3n) is 5.16. The predicted octanol–water partition coefficient (Wildman–Crippen LogP) is 2.27. The number of nitrogens with one attached hydrogen (secondary N) is 1. The van der Waals surface area contributed by atoms with Gasteiger partial charge in [0.15, 0.2) is 0 Å². The number of hydrogen-bond acceptors (Lipinski definition) is 2. The highest BCUT2D eigenvalue weighted by atomic mass is 16.2. The van der Waals surface area contributed by atoms with E-state index in [0.717, 1.165) is 45.3 Å². The van der Waals surface area contributed by atoms with Gasteiger partial charge < -0.3 is 19.7 Å². The molecule has 2 aliphatic heterocycles. The quantitative estimate of drug-likeness (QED) is 0.919. The highest BCUT2D eigenvalue weighted by Crippen LogP contribution is 2.31. The van der Waals surface area contributed by atoms with Crippen molar-refractivity contribution in [3.63, 3.8) is 0 Å². The number of nitrogens with zero attached hydrogens (tertiary/aromatic N) is 3. The van der Waals surface area contributed by atoms with Gasteiger partial charge in [-0.1, -0.05) is 0 Å². The normalized spacial score (nSPS) is 21.1. The molecule has 3 heterocycles. The van der Waals surface area contributed by atoms with Crippen molar-refractivity contribution in [2.75, 3.05) is 26.2 Å². The molecule has 1 atom stereocenters. The molecule has 6 heteroatoms. The molecule has 132 valence electrons. The molecule has 24 heavy (non-hydrogen) atoms. The molecule has 1 aromatic heterocycles. The van der Waals surface area contributed by atoms with Crippen LogP contribution in [-0.2, 0) is 11.8 Å². The van der Waals surface area contributed by atoms with E-state index in [1.165, 1.54) is 12.1 Å². The number of carbonyl (C=O) groups is 2. The van der Waals surface area contributed by atoms with Crippen LogP contribution in [0.25, 0.3) is 0 Å². The summed E-state index contributed by atoms with van der Waals surface area (Å²) in [5.41, 5.74) is 1.17. The lowest BCUT2D eigenvalue weighted by Gasteiger charge is -2.27. The molecule has 2 aliphatic rings. The summed E-state index contributed by atoms with van der Waals surface area (Å²) in [4.78, 5) is 28.5. The van der Waals surface area contributed by atoms with Gasteiger partial charge in [-0.15, -0.1) is 0 Å². The number of piperidine rings is 1. The highest BCUT2D eigenvalue weighted by molar-refractivity contribution is 5.78. The first-order valence-electron chi connectivity index (χ1n) is 9.10. The van der Waals surface area contributed by atoms with Crippen LogP contribution in [0.4, 0.5) is 4.79 Å². The standard InChI is InChI=1S/C18H28N4O2/c1-20-11-5-7-15(20)16-8-6-14-22(16)18(24)19-10-9-17(23)21-12-3-2-4-13-21/h5,7,11,16H,2-4,6,8-10,12-14H2,1H3,(H,19,24). The van der Waals surface area contributed by atoms with Crippen LogP contribution < -0.4 is 5.32 Å². The molecule has 0 saturated carbocycles. The van der Waals surface area contributed by atoms with Gasteiger partial charge in [0, 0.05) is 51.5 Å². The van der Waals surface area contributed by atoms with Crippen LogP contribution in [0, 0.1) is 0 Å². The number of amides is 3. The third-order valence-corrected chi connectivity index (χ3v) is 5.16. The Morgan fingerprint density at radius 1 is 1.17 bits per heavy atom. The lowest BCUT2D eigenvalue weighted by Crippen LogP contribution is -2.42. The average Bonchev–Trinajstić information content (AvgIpc) is 3.23. The van der Waals surface area contributed by atoms with Gasteiger partial charge in [-0.25, -0.2) is 4.79 Å². The minimum absolute atomic E-state index is 0.0508. The second kappa shape index (κ2) is 7.73. The van der Waals surface area contributed by atoms with Crippen LogP contribution in [0.3, 0.4) is 0 Å². The van der Waals surface area contributed by atoms with E-state index in [2.05, 4.69) is 16.0 Å². The number of aryl methyl sites for hydroxylation is 1. The van der Waals surface area contributed by atoms with Crippen molar-refractivity contribution in [1.29, 1.82) is 0 Å². The highest BCUT2D eigenvalue weighted by Gasteiger charge is 2.31. The van der Waals surface area contributed by atoms with Crippen LogP contribution in [0.15, 0.2) is 18.3 Å². The van der Waals surface area contributed by atoms with Gasteiger partial charge in [0.25, 0.3) is 0 Å².